The number of hydrogen-bond donors (Lipinski definition) is 2. The number of ether oxygens (including phenoxy) is 2. The zero-order valence-electron chi connectivity index (χ0n) is 25.3. The smallest absolute Gasteiger partial charge is 0.261 e. The number of sulfonamides is 1. The molecule has 0 bridgehead atoms. The maximum atomic E-state index is 13.8. The third-order valence-corrected chi connectivity index (χ3v) is 8.65. The van der Waals surface area contributed by atoms with Crippen molar-refractivity contribution in [2.45, 2.75) is 39.9 Å². The number of piperazine rings is 1. The standard InChI is InChI=1S/C30H36N4O5S.C2H4I2/c1-3-4-7-22-10-12-23(13-11-22)32-40(36,37)24-20-25(29-26(21-24)31-14-19-39-29)30(35)34-17-15-33(16-18-34)27-8-5-6-9-28(27)38-2;1-2(3)4/h5-6,8-13,20-21,31-32H,3-4,7,14-19H2,1-2H3;2H,1H3. The van der Waals surface area contributed by atoms with Crippen molar-refractivity contribution in [2.24, 2.45) is 0 Å². The van der Waals surface area contributed by atoms with E-state index in [2.05, 4.69) is 74.0 Å². The summed E-state index contributed by atoms with van der Waals surface area (Å²) < 4.78 is 41.7. The molecule has 9 nitrogen and oxygen atoms in total. The van der Waals surface area contributed by atoms with Crippen LogP contribution in [0.2, 0.25) is 0 Å². The van der Waals surface area contributed by atoms with Crippen LogP contribution in [0, 0.1) is 0 Å². The molecule has 0 saturated carbocycles. The number of rotatable bonds is 9. The van der Waals surface area contributed by atoms with Crippen LogP contribution in [-0.2, 0) is 16.4 Å². The number of halogens is 2. The Morgan fingerprint density at radius 2 is 1.75 bits per heavy atom. The summed E-state index contributed by atoms with van der Waals surface area (Å²) in [6.45, 7) is 7.42. The molecule has 2 aliphatic heterocycles. The van der Waals surface area contributed by atoms with Gasteiger partial charge in [0.25, 0.3) is 15.9 Å². The molecule has 0 unspecified atom stereocenters. The predicted molar refractivity (Wildman–Crippen MR) is 195 cm³/mol. The van der Waals surface area contributed by atoms with Gasteiger partial charge in [0, 0.05) is 38.4 Å². The number of nitrogens with zero attached hydrogens (tertiary/aromatic N) is 2. The number of carbonyl (C=O) groups excluding carboxylic acids is 1. The number of benzene rings is 3. The largest absolute Gasteiger partial charge is 0.495 e. The van der Waals surface area contributed by atoms with Crippen LogP contribution in [0.4, 0.5) is 17.1 Å². The van der Waals surface area contributed by atoms with E-state index in [4.69, 9.17) is 9.47 Å². The molecule has 2 aliphatic rings. The lowest BCUT2D eigenvalue weighted by Gasteiger charge is -2.37. The molecule has 0 atom stereocenters. The van der Waals surface area contributed by atoms with E-state index in [1.807, 2.05) is 36.4 Å². The van der Waals surface area contributed by atoms with Crippen LogP contribution in [0.25, 0.3) is 0 Å². The molecule has 0 spiro atoms. The van der Waals surface area contributed by atoms with Crippen LogP contribution in [0.5, 0.6) is 11.5 Å². The Bertz CT molecular complexity index is 1510. The van der Waals surface area contributed by atoms with Gasteiger partial charge in [0.1, 0.15) is 12.4 Å². The van der Waals surface area contributed by atoms with E-state index in [0.717, 1.165) is 32.6 Å². The summed E-state index contributed by atoms with van der Waals surface area (Å²) in [6, 6.07) is 18.2. The lowest BCUT2D eigenvalue weighted by Crippen LogP contribution is -2.49. The van der Waals surface area contributed by atoms with Gasteiger partial charge in [0.15, 0.2) is 5.75 Å². The lowest BCUT2D eigenvalue weighted by molar-refractivity contribution is 0.0742. The number of fused-ring (bicyclic) bond motifs is 1. The predicted octanol–water partition coefficient (Wildman–Crippen LogP) is 6.81. The molecule has 238 valence electrons. The van der Waals surface area contributed by atoms with Crippen molar-refractivity contribution in [1.29, 1.82) is 0 Å². The molecule has 3 aromatic rings. The van der Waals surface area contributed by atoms with Gasteiger partial charge in [-0.15, -0.1) is 0 Å². The summed E-state index contributed by atoms with van der Waals surface area (Å²) in [5.41, 5.74) is 3.37. The summed E-state index contributed by atoms with van der Waals surface area (Å²) in [6.07, 6.45) is 3.14. The molecular formula is C32H40I2N4O5S. The van der Waals surface area contributed by atoms with Crippen molar-refractivity contribution in [3.8, 4) is 11.5 Å². The van der Waals surface area contributed by atoms with Gasteiger partial charge in [0.05, 0.1) is 30.9 Å². The highest BCUT2D eigenvalue weighted by Crippen LogP contribution is 2.36. The van der Waals surface area contributed by atoms with E-state index in [9.17, 15) is 13.2 Å². The highest BCUT2D eigenvalue weighted by Gasteiger charge is 2.30. The van der Waals surface area contributed by atoms with Crippen LogP contribution in [0.15, 0.2) is 65.6 Å². The minimum absolute atomic E-state index is 0.00955. The molecular weight excluding hydrogens is 806 g/mol. The fraction of sp³-hybridized carbons (Fsp3) is 0.406. The SMILES string of the molecule is CC(I)I.CCCCc1ccc(NS(=O)(=O)c2cc3c(c(C(=O)N4CCN(c5ccccc5OC)CC4)c2)OCCN3)cc1. The highest BCUT2D eigenvalue weighted by atomic mass is 127. The average molecular weight is 847 g/mol. The Kier molecular flexibility index (Phi) is 12.7. The van der Waals surface area contributed by atoms with Gasteiger partial charge in [0.2, 0.25) is 0 Å². The normalized spacial score (nSPS) is 14.5. The quantitative estimate of drug-likeness (QED) is 0.181. The van der Waals surface area contributed by atoms with Crippen molar-refractivity contribution < 1.29 is 22.7 Å². The van der Waals surface area contributed by atoms with E-state index in [1.54, 1.807) is 24.1 Å². The number of carbonyl (C=O) groups is 1. The number of aryl methyl sites for hydroxylation is 1. The molecule has 1 fully saturated rings. The first-order valence-electron chi connectivity index (χ1n) is 14.7. The molecule has 44 heavy (non-hydrogen) atoms. The van der Waals surface area contributed by atoms with Gasteiger partial charge in [-0.1, -0.05) is 82.8 Å². The van der Waals surface area contributed by atoms with Crippen LogP contribution < -0.4 is 24.4 Å². The minimum Gasteiger partial charge on any atom is -0.495 e. The van der Waals surface area contributed by atoms with Gasteiger partial charge < -0.3 is 24.6 Å². The fourth-order valence-electron chi connectivity index (χ4n) is 5.09. The van der Waals surface area contributed by atoms with Gasteiger partial charge in [-0.2, -0.15) is 0 Å². The molecule has 0 aliphatic carbocycles. The summed E-state index contributed by atoms with van der Waals surface area (Å²) in [7, 11) is -2.31. The topological polar surface area (TPSA) is 100 Å². The summed E-state index contributed by atoms with van der Waals surface area (Å²) >= 11 is 4.66. The van der Waals surface area contributed by atoms with Crippen LogP contribution in [0.1, 0.15) is 42.6 Å². The first-order chi connectivity index (χ1) is 21.1. The average Bonchev–Trinajstić information content (AvgIpc) is 3.03. The number of para-hydroxylation sites is 2. The van der Waals surface area contributed by atoms with Gasteiger partial charge in [-0.25, -0.2) is 8.42 Å². The third kappa shape index (κ3) is 9.05. The monoisotopic (exact) mass is 846 g/mol. The number of hydrogen-bond acceptors (Lipinski definition) is 7. The Morgan fingerprint density at radius 3 is 2.41 bits per heavy atom. The first kappa shape index (κ1) is 34.4. The zero-order valence-corrected chi connectivity index (χ0v) is 30.4. The molecule has 2 heterocycles. The molecule has 1 amide bonds. The molecule has 5 rings (SSSR count). The van der Waals surface area contributed by atoms with Crippen molar-refractivity contribution in [3.05, 3.63) is 71.8 Å². The number of anilines is 3. The lowest BCUT2D eigenvalue weighted by atomic mass is 10.1. The van der Waals surface area contributed by atoms with Crippen molar-refractivity contribution in [3.63, 3.8) is 0 Å². The van der Waals surface area contributed by atoms with E-state index >= 15 is 0 Å². The second kappa shape index (κ2) is 16.2. The second-order valence-corrected chi connectivity index (χ2v) is 18.3. The number of nitrogens with one attached hydrogen (secondary N) is 2. The second-order valence-electron chi connectivity index (χ2n) is 10.5. The van der Waals surface area contributed by atoms with E-state index in [-0.39, 0.29) is 16.4 Å². The van der Waals surface area contributed by atoms with Crippen molar-refractivity contribution in [1.82, 2.24) is 4.90 Å². The van der Waals surface area contributed by atoms with E-state index in [0.29, 0.717) is 56.5 Å². The zero-order chi connectivity index (χ0) is 31.7. The van der Waals surface area contributed by atoms with Crippen LogP contribution >= 0.6 is 45.2 Å². The molecule has 12 heteroatoms. The Balaban J connectivity index is 0.00000104. The third-order valence-electron chi connectivity index (χ3n) is 7.28. The maximum Gasteiger partial charge on any atom is 0.261 e. The molecule has 1 saturated heterocycles. The first-order valence-corrected chi connectivity index (χ1v) is 18.7. The van der Waals surface area contributed by atoms with Gasteiger partial charge in [-0.3, -0.25) is 9.52 Å². The van der Waals surface area contributed by atoms with E-state index < -0.39 is 10.0 Å². The molecule has 2 N–H and O–H groups in total. The number of alkyl halides is 2. The molecule has 3 aromatic carbocycles. The summed E-state index contributed by atoms with van der Waals surface area (Å²) in [4.78, 5) is 17.7. The van der Waals surface area contributed by atoms with Gasteiger partial charge >= 0.3 is 0 Å². The Morgan fingerprint density at radius 1 is 1.07 bits per heavy atom. The van der Waals surface area contributed by atoms with Crippen LogP contribution in [-0.4, -0.2) is 67.6 Å². The number of amides is 1. The molecule has 0 aromatic heterocycles. The van der Waals surface area contributed by atoms with Gasteiger partial charge in [-0.05, 0) is 61.7 Å². The Hall–Kier alpha value is -2.46. The van der Waals surface area contributed by atoms with Crippen LogP contribution in [0.3, 0.4) is 0 Å². The molecule has 0 radical (unpaired) electrons. The maximum absolute atomic E-state index is 13.8. The Labute approximate surface area is 288 Å². The summed E-state index contributed by atoms with van der Waals surface area (Å²) in [5, 5.41) is 3.20. The summed E-state index contributed by atoms with van der Waals surface area (Å²) in [5.74, 6) is 0.927. The minimum atomic E-state index is -3.95. The van der Waals surface area contributed by atoms with E-state index in [1.165, 1.54) is 17.7 Å². The fourth-order valence-corrected chi connectivity index (χ4v) is 6.20. The van der Waals surface area contributed by atoms with Crippen molar-refractivity contribution >= 4 is 78.2 Å². The number of unbranched alkanes of at least 4 members (excludes halogenated alkanes) is 1. The highest BCUT2D eigenvalue weighted by molar-refractivity contribution is 14.2. The number of methoxy groups -OCH3 is 1. The van der Waals surface area contributed by atoms with Crippen molar-refractivity contribution in [2.75, 3.05) is 61.4 Å².